The number of nitrogens with one attached hydrogen (secondary N) is 1. The van der Waals surface area contributed by atoms with E-state index in [9.17, 15) is 9.18 Å². The number of likely N-dealkylation sites (tertiary alicyclic amines) is 1. The van der Waals surface area contributed by atoms with Crippen LogP contribution in [0.15, 0.2) is 59.8 Å². The lowest BCUT2D eigenvalue weighted by Gasteiger charge is -2.43. The van der Waals surface area contributed by atoms with E-state index < -0.39 is 11.5 Å². The number of rotatable bonds is 6. The Morgan fingerprint density at radius 1 is 1.12 bits per heavy atom. The summed E-state index contributed by atoms with van der Waals surface area (Å²) in [5, 5.41) is 12.0. The van der Waals surface area contributed by atoms with Crippen LogP contribution in [0.5, 0.6) is 5.75 Å². The van der Waals surface area contributed by atoms with Gasteiger partial charge in [-0.3, -0.25) is 15.1 Å². The SMILES string of the molecule is CNC(C)(C)O.O=C(c1ccc(F)cc1Cl)N1CC2CCC(C1)N2c1cc(S)cc(Cl)c1OCc1ccncc1. The van der Waals surface area contributed by atoms with Crippen LogP contribution in [-0.4, -0.2) is 58.8 Å². The van der Waals surface area contributed by atoms with E-state index in [1.807, 2.05) is 23.1 Å². The lowest BCUT2D eigenvalue weighted by Crippen LogP contribution is -2.55. The summed E-state index contributed by atoms with van der Waals surface area (Å²) < 4.78 is 19.6. The number of amides is 1. The van der Waals surface area contributed by atoms with Gasteiger partial charge < -0.3 is 19.6 Å². The van der Waals surface area contributed by atoms with Crippen molar-refractivity contribution in [2.45, 2.75) is 56.0 Å². The van der Waals surface area contributed by atoms with Crippen LogP contribution in [0.2, 0.25) is 10.0 Å². The molecular weight excluding hydrogens is 574 g/mol. The number of benzene rings is 2. The van der Waals surface area contributed by atoms with Crippen LogP contribution in [0.4, 0.5) is 10.1 Å². The zero-order chi connectivity index (χ0) is 29.0. The zero-order valence-corrected chi connectivity index (χ0v) is 25.0. The van der Waals surface area contributed by atoms with Crippen molar-refractivity contribution in [2.75, 3.05) is 25.0 Å². The number of pyridine rings is 1. The van der Waals surface area contributed by atoms with E-state index in [1.54, 1.807) is 39.4 Å². The Morgan fingerprint density at radius 2 is 1.75 bits per heavy atom. The van der Waals surface area contributed by atoms with Crippen molar-refractivity contribution in [3.63, 3.8) is 0 Å². The summed E-state index contributed by atoms with van der Waals surface area (Å²) in [5.74, 6) is -0.0412. The molecule has 11 heteroatoms. The van der Waals surface area contributed by atoms with Crippen molar-refractivity contribution >= 4 is 47.4 Å². The normalized spacial score (nSPS) is 18.3. The van der Waals surface area contributed by atoms with Crippen LogP contribution in [0.25, 0.3) is 0 Å². The fourth-order valence-corrected chi connectivity index (χ4v) is 5.67. The van der Waals surface area contributed by atoms with Gasteiger partial charge in [-0.25, -0.2) is 4.39 Å². The number of piperazine rings is 1. The number of aromatic nitrogens is 1. The molecule has 0 spiro atoms. The van der Waals surface area contributed by atoms with E-state index in [2.05, 4.69) is 27.8 Å². The summed E-state index contributed by atoms with van der Waals surface area (Å²) >= 11 is 17.3. The number of hydrogen-bond donors (Lipinski definition) is 3. The highest BCUT2D eigenvalue weighted by Crippen LogP contribution is 2.45. The van der Waals surface area contributed by atoms with Crippen LogP contribution in [0, 0.1) is 5.82 Å². The molecule has 1 amide bonds. The first-order valence-corrected chi connectivity index (χ1v) is 14.1. The molecule has 3 heterocycles. The van der Waals surface area contributed by atoms with Crippen molar-refractivity contribution in [2.24, 2.45) is 0 Å². The summed E-state index contributed by atoms with van der Waals surface area (Å²) in [6.45, 7) is 4.79. The molecule has 2 aliphatic rings. The van der Waals surface area contributed by atoms with Crippen molar-refractivity contribution in [1.82, 2.24) is 15.2 Å². The average molecular weight is 608 g/mol. The van der Waals surface area contributed by atoms with E-state index >= 15 is 0 Å². The van der Waals surface area contributed by atoms with E-state index in [1.165, 1.54) is 18.2 Å². The lowest BCUT2D eigenvalue weighted by molar-refractivity contribution is 0.0521. The second-order valence-corrected chi connectivity index (χ2v) is 11.7. The Hall–Kier alpha value is -2.56. The molecule has 2 unspecified atom stereocenters. The van der Waals surface area contributed by atoms with Crippen molar-refractivity contribution in [3.8, 4) is 5.75 Å². The number of thiol groups is 1. The number of carbonyl (C=O) groups is 1. The topological polar surface area (TPSA) is 77.9 Å². The number of ether oxygens (including phenoxy) is 1. The quantitative estimate of drug-likeness (QED) is 0.242. The van der Waals surface area contributed by atoms with Crippen LogP contribution in [0.3, 0.4) is 0 Å². The molecule has 5 rings (SSSR count). The minimum absolute atomic E-state index is 0.0939. The number of aliphatic hydroxyl groups is 1. The zero-order valence-electron chi connectivity index (χ0n) is 22.6. The molecule has 1 aromatic heterocycles. The second kappa shape index (κ2) is 13.0. The molecular formula is C29H33Cl2FN4O3S. The molecule has 0 radical (unpaired) electrons. The van der Waals surface area contributed by atoms with Gasteiger partial charge in [0.1, 0.15) is 18.1 Å². The fourth-order valence-electron chi connectivity index (χ4n) is 4.83. The van der Waals surface area contributed by atoms with Crippen molar-refractivity contribution in [3.05, 3.63) is 81.8 Å². The third-order valence-corrected chi connectivity index (χ3v) is 7.81. The van der Waals surface area contributed by atoms with Gasteiger partial charge in [0.2, 0.25) is 0 Å². The Bertz CT molecular complexity index is 1330. The molecule has 2 N–H and O–H groups in total. The number of carbonyl (C=O) groups excluding carboxylic acids is 1. The standard InChI is InChI=1S/C25H22Cl2FN3O2S.C4H11NO/c26-21-9-16(28)1-4-20(21)25(32)30-12-17-2-3-18(13-30)31(17)23-11-19(34)10-22(27)24(23)33-14-15-5-7-29-8-6-15;1-4(2,6)5-3/h1,4-11,17-18,34H,2-3,12-14H2;5-6H,1-3H3. The first-order valence-electron chi connectivity index (χ1n) is 12.9. The van der Waals surface area contributed by atoms with Gasteiger partial charge in [-0.2, -0.15) is 0 Å². The average Bonchev–Trinajstić information content (AvgIpc) is 3.16. The summed E-state index contributed by atoms with van der Waals surface area (Å²) in [6.07, 6.45) is 5.32. The van der Waals surface area contributed by atoms with Gasteiger partial charge in [0.15, 0.2) is 5.75 Å². The smallest absolute Gasteiger partial charge is 0.255 e. The van der Waals surface area contributed by atoms with Crippen molar-refractivity contribution in [1.29, 1.82) is 0 Å². The Labute approximate surface area is 249 Å². The third kappa shape index (κ3) is 7.39. The first-order chi connectivity index (χ1) is 19.0. The maximum absolute atomic E-state index is 13.5. The second-order valence-electron chi connectivity index (χ2n) is 10.4. The molecule has 0 aliphatic carbocycles. The van der Waals surface area contributed by atoms with Gasteiger partial charge in [0, 0.05) is 42.5 Å². The molecule has 2 bridgehead atoms. The maximum Gasteiger partial charge on any atom is 0.255 e. The lowest BCUT2D eigenvalue weighted by atomic mass is 10.1. The Balaban J connectivity index is 0.000000557. The van der Waals surface area contributed by atoms with E-state index in [0.717, 1.165) is 29.0 Å². The van der Waals surface area contributed by atoms with Gasteiger partial charge in [0.25, 0.3) is 5.91 Å². The number of fused-ring (bicyclic) bond motifs is 2. The van der Waals surface area contributed by atoms with Crippen molar-refractivity contribution < 1.29 is 19.0 Å². The fraction of sp³-hybridized carbons (Fsp3) is 0.379. The molecule has 2 fully saturated rings. The number of hydrogen-bond acceptors (Lipinski definition) is 7. The van der Waals surface area contributed by atoms with Gasteiger partial charge in [-0.05, 0) is 81.8 Å². The largest absolute Gasteiger partial charge is 0.485 e. The maximum atomic E-state index is 13.5. The molecule has 2 atom stereocenters. The van der Waals surface area contributed by atoms with Gasteiger partial charge >= 0.3 is 0 Å². The van der Waals surface area contributed by atoms with E-state index in [0.29, 0.717) is 36.0 Å². The summed E-state index contributed by atoms with van der Waals surface area (Å²) in [7, 11) is 1.71. The highest BCUT2D eigenvalue weighted by Gasteiger charge is 2.43. The molecule has 7 nitrogen and oxygen atoms in total. The minimum Gasteiger partial charge on any atom is -0.485 e. The van der Waals surface area contributed by atoms with Gasteiger partial charge in [0.05, 0.1) is 21.3 Å². The highest BCUT2D eigenvalue weighted by molar-refractivity contribution is 7.80. The van der Waals surface area contributed by atoms with E-state index in [4.69, 9.17) is 33.0 Å². The minimum atomic E-state index is -0.708. The summed E-state index contributed by atoms with van der Waals surface area (Å²) in [4.78, 5) is 22.1. The molecule has 3 aromatic rings. The first kappa shape index (κ1) is 30.4. The highest BCUT2D eigenvalue weighted by atomic mass is 35.5. The van der Waals surface area contributed by atoms with Crippen LogP contribution in [-0.2, 0) is 6.61 Å². The monoisotopic (exact) mass is 606 g/mol. The molecule has 2 saturated heterocycles. The van der Waals surface area contributed by atoms with Crippen LogP contribution >= 0.6 is 35.8 Å². The third-order valence-electron chi connectivity index (χ3n) is 6.96. The molecule has 0 saturated carbocycles. The molecule has 2 aromatic carbocycles. The Morgan fingerprint density at radius 3 is 2.33 bits per heavy atom. The van der Waals surface area contributed by atoms with Crippen LogP contribution in [0.1, 0.15) is 42.6 Å². The summed E-state index contributed by atoms with van der Waals surface area (Å²) in [6, 6.07) is 11.6. The van der Waals surface area contributed by atoms with E-state index in [-0.39, 0.29) is 23.0 Å². The Kier molecular flexibility index (Phi) is 9.85. The molecule has 40 heavy (non-hydrogen) atoms. The number of halogens is 3. The molecule has 2 aliphatic heterocycles. The predicted octanol–water partition coefficient (Wildman–Crippen LogP) is 5.82. The van der Waals surface area contributed by atoms with Crippen LogP contribution < -0.4 is 15.0 Å². The summed E-state index contributed by atoms with van der Waals surface area (Å²) in [5.41, 5.74) is 1.48. The predicted molar refractivity (Wildman–Crippen MR) is 159 cm³/mol. The van der Waals surface area contributed by atoms with Gasteiger partial charge in [-0.15, -0.1) is 12.6 Å². The number of anilines is 1. The van der Waals surface area contributed by atoms with Gasteiger partial charge in [-0.1, -0.05) is 23.2 Å². The molecule has 214 valence electrons. The number of nitrogens with zero attached hydrogens (tertiary/aromatic N) is 3.